The first-order valence-corrected chi connectivity index (χ1v) is 2.98. The van der Waals surface area contributed by atoms with Crippen molar-refractivity contribution in [1.82, 2.24) is 5.32 Å². The summed E-state index contributed by atoms with van der Waals surface area (Å²) in [6.45, 7) is 4.88. The van der Waals surface area contributed by atoms with E-state index in [0.717, 1.165) is 13.0 Å². The molecule has 0 aliphatic heterocycles. The summed E-state index contributed by atoms with van der Waals surface area (Å²) in [7, 11) is 0. The topological polar surface area (TPSA) is 35.8 Å². The highest BCUT2D eigenvalue weighted by molar-refractivity contribution is 4.87. The molecule has 0 bridgehead atoms. The highest BCUT2D eigenvalue weighted by Gasteiger charge is 1.97. The maximum Gasteiger partial charge on any atom is 0.0950 e. The Kier molecular flexibility index (Phi) is 4.29. The summed E-state index contributed by atoms with van der Waals surface area (Å²) in [5, 5.41) is 11.4. The summed E-state index contributed by atoms with van der Waals surface area (Å²) in [4.78, 5) is 0. The molecule has 0 saturated heterocycles. The van der Waals surface area contributed by atoms with Gasteiger partial charge in [0.15, 0.2) is 0 Å². The van der Waals surface area contributed by atoms with Crippen LogP contribution in [0.2, 0.25) is 0 Å². The van der Waals surface area contributed by atoms with Gasteiger partial charge in [0.25, 0.3) is 0 Å². The van der Waals surface area contributed by atoms with Crippen LogP contribution in [0.4, 0.5) is 0 Å². The minimum atomic E-state index is 0.0556. The Balaban J connectivity index is 3.26. The van der Waals surface area contributed by atoms with Gasteiger partial charge in [0.2, 0.25) is 0 Å². The molecule has 0 rings (SSSR count). The van der Waals surface area contributed by atoms with E-state index < -0.39 is 0 Å². The average Bonchev–Trinajstić information content (AvgIpc) is 1.83. The van der Waals surface area contributed by atoms with Crippen molar-refractivity contribution in [1.29, 1.82) is 5.26 Å². The molecule has 0 heterocycles. The Labute approximate surface area is 50.5 Å². The largest absolute Gasteiger partial charge is 0.302 e. The molecule has 0 aromatic carbocycles. The lowest BCUT2D eigenvalue weighted by Crippen LogP contribution is -2.25. The van der Waals surface area contributed by atoms with Crippen LogP contribution in [0.3, 0.4) is 0 Å². The van der Waals surface area contributed by atoms with Crippen molar-refractivity contribution < 1.29 is 0 Å². The van der Waals surface area contributed by atoms with Crippen molar-refractivity contribution in [3.8, 4) is 6.07 Å². The summed E-state index contributed by atoms with van der Waals surface area (Å²) in [6.07, 6.45) is 0.893. The van der Waals surface area contributed by atoms with E-state index >= 15 is 0 Å². The molecule has 0 radical (unpaired) electrons. The quantitative estimate of drug-likeness (QED) is 0.588. The van der Waals surface area contributed by atoms with Gasteiger partial charge in [-0.2, -0.15) is 5.26 Å². The fourth-order valence-corrected chi connectivity index (χ4v) is 0.528. The van der Waals surface area contributed by atoms with Gasteiger partial charge in [0.05, 0.1) is 12.1 Å². The molecule has 0 saturated carbocycles. The predicted molar refractivity (Wildman–Crippen MR) is 33.4 cm³/mol. The average molecular weight is 112 g/mol. The molecule has 1 N–H and O–H groups in total. The van der Waals surface area contributed by atoms with Crippen LogP contribution < -0.4 is 5.32 Å². The number of nitrogens with one attached hydrogen (secondary N) is 1. The van der Waals surface area contributed by atoms with Crippen molar-refractivity contribution in [2.45, 2.75) is 26.3 Å². The van der Waals surface area contributed by atoms with Crippen LogP contribution in [-0.2, 0) is 0 Å². The van der Waals surface area contributed by atoms with E-state index in [-0.39, 0.29) is 6.04 Å². The van der Waals surface area contributed by atoms with Crippen molar-refractivity contribution in [3.05, 3.63) is 0 Å². The van der Waals surface area contributed by atoms with Crippen LogP contribution in [-0.4, -0.2) is 12.6 Å². The van der Waals surface area contributed by atoms with E-state index in [2.05, 4.69) is 11.4 Å². The van der Waals surface area contributed by atoms with Crippen LogP contribution in [0, 0.1) is 11.3 Å². The zero-order valence-electron chi connectivity index (χ0n) is 5.44. The van der Waals surface area contributed by atoms with E-state index in [1.165, 1.54) is 0 Å². The molecule has 0 spiro atoms. The van der Waals surface area contributed by atoms with Gasteiger partial charge < -0.3 is 5.32 Å². The molecule has 0 aliphatic carbocycles. The molecule has 8 heavy (non-hydrogen) atoms. The highest BCUT2D eigenvalue weighted by Crippen LogP contribution is 1.84. The second-order valence-corrected chi connectivity index (χ2v) is 1.65. The maximum atomic E-state index is 8.34. The van der Waals surface area contributed by atoms with Crippen LogP contribution in [0.15, 0.2) is 0 Å². The Morgan fingerprint density at radius 1 is 1.62 bits per heavy atom. The van der Waals surface area contributed by atoms with Crippen molar-refractivity contribution in [2.75, 3.05) is 6.54 Å². The van der Waals surface area contributed by atoms with Crippen LogP contribution in [0.25, 0.3) is 0 Å². The third-order valence-electron chi connectivity index (χ3n) is 1.01. The first-order valence-electron chi connectivity index (χ1n) is 2.98. The lowest BCUT2D eigenvalue weighted by molar-refractivity contribution is 0.609. The summed E-state index contributed by atoms with van der Waals surface area (Å²) >= 11 is 0. The van der Waals surface area contributed by atoms with Crippen LogP contribution >= 0.6 is 0 Å². The van der Waals surface area contributed by atoms with Gasteiger partial charge in [-0.3, -0.25) is 0 Å². The molecule has 46 valence electrons. The number of nitrogens with zero attached hydrogens (tertiary/aromatic N) is 1. The van der Waals surface area contributed by atoms with Crippen LogP contribution in [0.5, 0.6) is 0 Å². The van der Waals surface area contributed by atoms with Gasteiger partial charge in [-0.25, -0.2) is 0 Å². The molecular weight excluding hydrogens is 100 g/mol. The van der Waals surface area contributed by atoms with Crippen molar-refractivity contribution in [3.63, 3.8) is 0 Å². The van der Waals surface area contributed by atoms with E-state index in [0.29, 0.717) is 0 Å². The van der Waals surface area contributed by atoms with Crippen LogP contribution in [0.1, 0.15) is 20.3 Å². The maximum absolute atomic E-state index is 8.34. The van der Waals surface area contributed by atoms with E-state index in [9.17, 15) is 0 Å². The van der Waals surface area contributed by atoms with Gasteiger partial charge in [-0.1, -0.05) is 13.8 Å². The predicted octanol–water partition coefficient (Wildman–Crippen LogP) is 0.898. The first kappa shape index (κ1) is 7.45. The van der Waals surface area contributed by atoms with Gasteiger partial charge >= 0.3 is 0 Å². The standard InChI is InChI=1S/C6H12N2/c1-3-6(5-7)8-4-2/h6,8H,3-4H2,1-2H3/t6-/m0/s1. The Morgan fingerprint density at radius 3 is 2.38 bits per heavy atom. The Hall–Kier alpha value is -0.550. The van der Waals surface area contributed by atoms with Crippen molar-refractivity contribution in [2.24, 2.45) is 0 Å². The highest BCUT2D eigenvalue weighted by atomic mass is 14.9. The molecular formula is C6H12N2. The SMILES string of the molecule is CCN[C@H](C#N)CC. The smallest absolute Gasteiger partial charge is 0.0950 e. The molecule has 0 fully saturated rings. The number of hydrogen-bond acceptors (Lipinski definition) is 2. The van der Waals surface area contributed by atoms with E-state index in [1.54, 1.807) is 0 Å². The summed E-state index contributed by atoms with van der Waals surface area (Å²) in [5.41, 5.74) is 0. The molecule has 0 aliphatic rings. The zero-order valence-corrected chi connectivity index (χ0v) is 5.44. The van der Waals surface area contributed by atoms with Gasteiger partial charge in [0, 0.05) is 0 Å². The van der Waals surface area contributed by atoms with Crippen molar-refractivity contribution >= 4 is 0 Å². The molecule has 0 unspecified atom stereocenters. The first-order chi connectivity index (χ1) is 3.85. The lowest BCUT2D eigenvalue weighted by Gasteiger charge is -2.03. The Bertz CT molecular complexity index is 83.0. The number of nitriles is 1. The molecule has 0 aromatic heterocycles. The molecule has 0 aromatic rings. The molecule has 0 amide bonds. The van der Waals surface area contributed by atoms with Gasteiger partial charge in [-0.15, -0.1) is 0 Å². The zero-order chi connectivity index (χ0) is 6.41. The van der Waals surface area contributed by atoms with Gasteiger partial charge in [-0.05, 0) is 13.0 Å². The summed E-state index contributed by atoms with van der Waals surface area (Å²) in [5.74, 6) is 0. The minimum Gasteiger partial charge on any atom is -0.302 e. The van der Waals surface area contributed by atoms with E-state index in [1.807, 2.05) is 13.8 Å². The normalized spacial score (nSPS) is 12.6. The third kappa shape index (κ3) is 2.59. The summed E-state index contributed by atoms with van der Waals surface area (Å²) in [6, 6.07) is 2.20. The Morgan fingerprint density at radius 2 is 2.25 bits per heavy atom. The second kappa shape index (κ2) is 4.61. The van der Waals surface area contributed by atoms with E-state index in [4.69, 9.17) is 5.26 Å². The molecule has 1 atom stereocenters. The van der Waals surface area contributed by atoms with Gasteiger partial charge in [0.1, 0.15) is 0 Å². The molecule has 2 heteroatoms. The summed E-state index contributed by atoms with van der Waals surface area (Å²) < 4.78 is 0. The second-order valence-electron chi connectivity index (χ2n) is 1.65. The third-order valence-corrected chi connectivity index (χ3v) is 1.01. The molecule has 2 nitrogen and oxygen atoms in total. The lowest BCUT2D eigenvalue weighted by atomic mass is 10.2. The fourth-order valence-electron chi connectivity index (χ4n) is 0.528. The monoisotopic (exact) mass is 112 g/mol. The minimum absolute atomic E-state index is 0.0556. The number of hydrogen-bond donors (Lipinski definition) is 1. The number of rotatable bonds is 3. The fraction of sp³-hybridized carbons (Fsp3) is 0.833.